The van der Waals surface area contributed by atoms with Crippen molar-refractivity contribution in [2.75, 3.05) is 37.6 Å². The summed E-state index contributed by atoms with van der Waals surface area (Å²) in [6.07, 6.45) is 1.38. The number of carbonyl (C=O) groups excluding carboxylic acids is 3. The Morgan fingerprint density at radius 3 is 2.59 bits per heavy atom. The van der Waals surface area contributed by atoms with E-state index >= 15 is 0 Å². The highest BCUT2D eigenvalue weighted by Crippen LogP contribution is 2.35. The Labute approximate surface area is 173 Å². The van der Waals surface area contributed by atoms with Gasteiger partial charge in [-0.05, 0) is 57.6 Å². The van der Waals surface area contributed by atoms with E-state index in [1.165, 1.54) is 4.90 Å². The highest BCUT2D eigenvalue weighted by Gasteiger charge is 2.33. The van der Waals surface area contributed by atoms with Gasteiger partial charge in [0, 0.05) is 18.5 Å². The lowest BCUT2D eigenvalue weighted by molar-refractivity contribution is -0.128. The monoisotopic (exact) mass is 403 g/mol. The lowest BCUT2D eigenvalue weighted by Crippen LogP contribution is -2.49. The number of anilines is 1. The van der Waals surface area contributed by atoms with E-state index in [2.05, 4.69) is 24.1 Å². The van der Waals surface area contributed by atoms with Gasteiger partial charge in [0.1, 0.15) is 12.3 Å². The number of amides is 2. The fraction of sp³-hybridized carbons (Fsp3) is 0.591. The molecule has 29 heavy (non-hydrogen) atoms. The normalized spacial score (nSPS) is 15.8. The van der Waals surface area contributed by atoms with E-state index in [0.29, 0.717) is 30.0 Å². The zero-order valence-corrected chi connectivity index (χ0v) is 18.0. The van der Waals surface area contributed by atoms with Crippen LogP contribution in [0.25, 0.3) is 0 Å². The average molecular weight is 404 g/mol. The van der Waals surface area contributed by atoms with Crippen LogP contribution in [0.4, 0.5) is 5.69 Å². The van der Waals surface area contributed by atoms with Gasteiger partial charge in [0.05, 0.1) is 5.69 Å². The molecular weight excluding hydrogens is 370 g/mol. The van der Waals surface area contributed by atoms with Gasteiger partial charge in [-0.25, -0.2) is 0 Å². The molecule has 0 saturated heterocycles. The Kier molecular flexibility index (Phi) is 8.64. The second-order valence-corrected chi connectivity index (χ2v) is 7.27. The van der Waals surface area contributed by atoms with Gasteiger partial charge in [-0.3, -0.25) is 19.3 Å². The van der Waals surface area contributed by atoms with Gasteiger partial charge in [0.25, 0.3) is 5.91 Å². The molecule has 1 N–H and O–H groups in total. The molecule has 0 bridgehead atoms. The summed E-state index contributed by atoms with van der Waals surface area (Å²) >= 11 is 0. The van der Waals surface area contributed by atoms with Gasteiger partial charge >= 0.3 is 0 Å². The average Bonchev–Trinajstić information content (AvgIpc) is 2.71. The van der Waals surface area contributed by atoms with Crippen LogP contribution in [0.15, 0.2) is 18.2 Å². The fourth-order valence-corrected chi connectivity index (χ4v) is 3.38. The molecular formula is C22H33N3O4. The van der Waals surface area contributed by atoms with Crippen LogP contribution in [0.2, 0.25) is 0 Å². The van der Waals surface area contributed by atoms with Gasteiger partial charge in [-0.2, -0.15) is 0 Å². The molecule has 0 aromatic heterocycles. The van der Waals surface area contributed by atoms with Crippen LogP contribution in [-0.2, 0) is 9.59 Å². The van der Waals surface area contributed by atoms with E-state index in [9.17, 15) is 14.4 Å². The first-order valence-electron chi connectivity index (χ1n) is 10.6. The van der Waals surface area contributed by atoms with Crippen LogP contribution >= 0.6 is 0 Å². The third-order valence-corrected chi connectivity index (χ3v) is 5.14. The summed E-state index contributed by atoms with van der Waals surface area (Å²) in [5.41, 5.74) is 1.01. The first kappa shape index (κ1) is 22.9. The summed E-state index contributed by atoms with van der Waals surface area (Å²) in [5, 5.41) is 2.89. The Balaban J connectivity index is 2.05. The third kappa shape index (κ3) is 6.03. The number of benzene rings is 1. The molecule has 0 fully saturated rings. The molecule has 1 aromatic carbocycles. The number of nitrogens with one attached hydrogen (secondary N) is 1. The van der Waals surface area contributed by atoms with E-state index in [0.717, 1.165) is 32.5 Å². The highest BCUT2D eigenvalue weighted by atomic mass is 16.5. The van der Waals surface area contributed by atoms with Crippen LogP contribution in [0, 0.1) is 0 Å². The molecule has 0 spiro atoms. The van der Waals surface area contributed by atoms with Crippen LogP contribution in [0.3, 0.4) is 0 Å². The van der Waals surface area contributed by atoms with Crippen LogP contribution in [0.1, 0.15) is 57.3 Å². The molecule has 0 saturated carbocycles. The number of carbonyl (C=O) groups is 3. The molecule has 1 atom stereocenters. The molecule has 0 radical (unpaired) electrons. The van der Waals surface area contributed by atoms with Gasteiger partial charge in [0.15, 0.2) is 11.9 Å². The smallest absolute Gasteiger partial charge is 0.268 e. The van der Waals surface area contributed by atoms with Gasteiger partial charge in [-0.1, -0.05) is 20.8 Å². The number of nitrogens with zero attached hydrogens (tertiary/aromatic N) is 2. The number of hydrogen-bond acceptors (Lipinski definition) is 5. The quantitative estimate of drug-likeness (QED) is 0.454. The predicted octanol–water partition coefficient (Wildman–Crippen LogP) is 2.63. The standard InChI is InChI=1S/C22H33N3O4/c1-5-9-19(26)17-10-11-20-18(14-17)25(22(28)16(4)29-20)15-21(27)23-12-8-13-24(6-2)7-3/h10-11,14,16H,5-9,12-13,15H2,1-4H3,(H,23,27). The first-order chi connectivity index (χ1) is 13.9. The first-order valence-corrected chi connectivity index (χ1v) is 10.6. The van der Waals surface area contributed by atoms with Crippen molar-refractivity contribution in [1.29, 1.82) is 0 Å². The maximum Gasteiger partial charge on any atom is 0.268 e. The number of hydrogen-bond donors (Lipinski definition) is 1. The molecule has 2 amide bonds. The van der Waals surface area contributed by atoms with Crippen molar-refractivity contribution in [3.05, 3.63) is 23.8 Å². The SMILES string of the molecule is CCCC(=O)c1ccc2c(c1)N(CC(=O)NCCCN(CC)CC)C(=O)C(C)O2. The molecule has 1 unspecified atom stereocenters. The van der Waals surface area contributed by atoms with Gasteiger partial charge in [-0.15, -0.1) is 0 Å². The van der Waals surface area contributed by atoms with E-state index < -0.39 is 6.10 Å². The lowest BCUT2D eigenvalue weighted by Gasteiger charge is -2.33. The van der Waals surface area contributed by atoms with E-state index in [1.807, 2.05) is 6.92 Å². The van der Waals surface area contributed by atoms with E-state index in [-0.39, 0.29) is 24.1 Å². The molecule has 7 heteroatoms. The number of Topliss-reactive ketones (excluding diaryl/α,β-unsaturated/α-hetero) is 1. The van der Waals surface area contributed by atoms with Crippen LogP contribution in [-0.4, -0.2) is 61.3 Å². The van der Waals surface area contributed by atoms with Crippen molar-refractivity contribution >= 4 is 23.3 Å². The topological polar surface area (TPSA) is 79.0 Å². The third-order valence-electron chi connectivity index (χ3n) is 5.14. The largest absolute Gasteiger partial charge is 0.479 e. The maximum absolute atomic E-state index is 12.7. The van der Waals surface area contributed by atoms with Crippen molar-refractivity contribution in [2.24, 2.45) is 0 Å². The minimum atomic E-state index is -0.671. The lowest BCUT2D eigenvalue weighted by atomic mass is 10.0. The predicted molar refractivity (Wildman–Crippen MR) is 114 cm³/mol. The molecule has 1 aliphatic heterocycles. The van der Waals surface area contributed by atoms with Crippen molar-refractivity contribution in [1.82, 2.24) is 10.2 Å². The molecule has 1 aliphatic rings. The summed E-state index contributed by atoms with van der Waals surface area (Å²) in [5.74, 6) is 0.0285. The number of ketones is 1. The zero-order chi connectivity index (χ0) is 21.4. The summed E-state index contributed by atoms with van der Waals surface area (Å²) < 4.78 is 5.66. The summed E-state index contributed by atoms with van der Waals surface area (Å²) in [7, 11) is 0. The summed E-state index contributed by atoms with van der Waals surface area (Å²) in [4.78, 5) is 41.1. The van der Waals surface area contributed by atoms with Crippen molar-refractivity contribution in [3.8, 4) is 5.75 Å². The van der Waals surface area contributed by atoms with Crippen LogP contribution in [0.5, 0.6) is 5.75 Å². The van der Waals surface area contributed by atoms with Crippen molar-refractivity contribution in [3.63, 3.8) is 0 Å². The Morgan fingerprint density at radius 1 is 1.21 bits per heavy atom. The van der Waals surface area contributed by atoms with E-state index in [1.54, 1.807) is 25.1 Å². The van der Waals surface area contributed by atoms with Gasteiger partial charge in [0.2, 0.25) is 5.91 Å². The van der Waals surface area contributed by atoms with Crippen LogP contribution < -0.4 is 15.0 Å². The molecule has 0 aliphatic carbocycles. The Morgan fingerprint density at radius 2 is 1.93 bits per heavy atom. The minimum Gasteiger partial charge on any atom is -0.479 e. The molecule has 2 rings (SSSR count). The van der Waals surface area contributed by atoms with Crippen molar-refractivity contribution < 1.29 is 19.1 Å². The number of ether oxygens (including phenoxy) is 1. The number of fused-ring (bicyclic) bond motifs is 1. The molecule has 1 aromatic rings. The van der Waals surface area contributed by atoms with E-state index in [4.69, 9.17) is 4.74 Å². The molecule has 1 heterocycles. The number of rotatable bonds is 11. The zero-order valence-electron chi connectivity index (χ0n) is 18.0. The summed E-state index contributed by atoms with van der Waals surface area (Å²) in [6, 6.07) is 5.08. The molecule has 160 valence electrons. The highest BCUT2D eigenvalue weighted by molar-refractivity contribution is 6.05. The van der Waals surface area contributed by atoms with Gasteiger partial charge < -0.3 is 15.0 Å². The van der Waals surface area contributed by atoms with Crippen molar-refractivity contribution in [2.45, 2.75) is 53.1 Å². The molecule has 7 nitrogen and oxygen atoms in total. The second kappa shape index (κ2) is 11.0. The summed E-state index contributed by atoms with van der Waals surface area (Å²) in [6.45, 7) is 11.2. The fourth-order valence-electron chi connectivity index (χ4n) is 3.38. The minimum absolute atomic E-state index is 0.0159. The maximum atomic E-state index is 12.7. The Hall–Kier alpha value is -2.41. The Bertz CT molecular complexity index is 731. The second-order valence-electron chi connectivity index (χ2n) is 7.27.